The Balaban J connectivity index is 1.84. The topological polar surface area (TPSA) is 42.7 Å². The fraction of sp³-hybridized carbons (Fsp3) is 0.667. The zero-order valence-electron chi connectivity index (χ0n) is 9.79. The van der Waals surface area contributed by atoms with Gasteiger partial charge in [0.05, 0.1) is 6.54 Å². The number of hydrogen-bond donors (Lipinski definition) is 1. The second kappa shape index (κ2) is 5.66. The first kappa shape index (κ1) is 11.2. The van der Waals surface area contributed by atoms with Crippen molar-refractivity contribution in [3.8, 4) is 11.8 Å². The normalized spacial score (nSPS) is 14.1. The van der Waals surface area contributed by atoms with E-state index in [2.05, 4.69) is 31.9 Å². The van der Waals surface area contributed by atoms with E-state index in [1.807, 2.05) is 6.92 Å². The van der Waals surface area contributed by atoms with E-state index in [0.29, 0.717) is 0 Å². The van der Waals surface area contributed by atoms with Crippen LogP contribution < -0.4 is 5.32 Å². The Morgan fingerprint density at radius 3 is 3.19 bits per heavy atom. The first-order valence-electron chi connectivity index (χ1n) is 5.93. The SMILES string of the molecule is CC#CCCNCc1nnc2n1CCCC2. The van der Waals surface area contributed by atoms with Crippen LogP contribution >= 0.6 is 0 Å². The zero-order chi connectivity index (χ0) is 11.2. The maximum atomic E-state index is 4.23. The average molecular weight is 218 g/mol. The molecule has 4 nitrogen and oxygen atoms in total. The molecule has 0 radical (unpaired) electrons. The molecule has 0 bridgehead atoms. The molecule has 0 saturated heterocycles. The summed E-state index contributed by atoms with van der Waals surface area (Å²) in [5, 5.41) is 11.8. The minimum Gasteiger partial charge on any atom is -0.314 e. The summed E-state index contributed by atoms with van der Waals surface area (Å²) in [5.41, 5.74) is 0. The second-order valence-electron chi connectivity index (χ2n) is 3.99. The van der Waals surface area contributed by atoms with Gasteiger partial charge in [0.25, 0.3) is 0 Å². The van der Waals surface area contributed by atoms with E-state index in [9.17, 15) is 0 Å². The minimum atomic E-state index is 0.804. The van der Waals surface area contributed by atoms with Gasteiger partial charge in [-0.15, -0.1) is 22.0 Å². The molecular weight excluding hydrogens is 200 g/mol. The highest BCUT2D eigenvalue weighted by Crippen LogP contribution is 2.13. The predicted octanol–water partition coefficient (Wildman–Crippen LogP) is 1.12. The molecule has 2 rings (SSSR count). The van der Waals surface area contributed by atoms with Gasteiger partial charge in [0.15, 0.2) is 0 Å². The highest BCUT2D eigenvalue weighted by atomic mass is 15.3. The van der Waals surface area contributed by atoms with E-state index in [4.69, 9.17) is 0 Å². The van der Waals surface area contributed by atoms with Gasteiger partial charge in [-0.05, 0) is 19.8 Å². The summed E-state index contributed by atoms with van der Waals surface area (Å²) < 4.78 is 2.25. The molecule has 0 fully saturated rings. The fourth-order valence-electron chi connectivity index (χ4n) is 1.98. The fourth-order valence-corrected chi connectivity index (χ4v) is 1.98. The number of aryl methyl sites for hydroxylation is 1. The summed E-state index contributed by atoms with van der Waals surface area (Å²) in [5.74, 6) is 8.14. The quantitative estimate of drug-likeness (QED) is 0.608. The first-order valence-corrected chi connectivity index (χ1v) is 5.93. The van der Waals surface area contributed by atoms with Gasteiger partial charge in [0.1, 0.15) is 11.6 Å². The number of aromatic nitrogens is 3. The summed E-state index contributed by atoms with van der Waals surface area (Å²) >= 11 is 0. The minimum absolute atomic E-state index is 0.804. The lowest BCUT2D eigenvalue weighted by Crippen LogP contribution is -2.20. The Morgan fingerprint density at radius 2 is 2.31 bits per heavy atom. The van der Waals surface area contributed by atoms with Crippen LogP contribution in [0.2, 0.25) is 0 Å². The molecule has 1 aromatic heterocycles. The van der Waals surface area contributed by atoms with Gasteiger partial charge >= 0.3 is 0 Å². The van der Waals surface area contributed by atoms with Crippen molar-refractivity contribution in [2.24, 2.45) is 0 Å². The first-order chi connectivity index (χ1) is 7.92. The van der Waals surface area contributed by atoms with Crippen molar-refractivity contribution in [1.29, 1.82) is 0 Å². The van der Waals surface area contributed by atoms with Crippen molar-refractivity contribution in [1.82, 2.24) is 20.1 Å². The van der Waals surface area contributed by atoms with Crippen LogP contribution in [0.4, 0.5) is 0 Å². The summed E-state index contributed by atoms with van der Waals surface area (Å²) in [4.78, 5) is 0. The van der Waals surface area contributed by atoms with Gasteiger partial charge in [-0.3, -0.25) is 0 Å². The van der Waals surface area contributed by atoms with E-state index in [-0.39, 0.29) is 0 Å². The number of rotatable bonds is 4. The van der Waals surface area contributed by atoms with Crippen LogP contribution in [0.3, 0.4) is 0 Å². The Hall–Kier alpha value is -1.34. The van der Waals surface area contributed by atoms with Gasteiger partial charge in [-0.1, -0.05) is 0 Å². The van der Waals surface area contributed by atoms with E-state index in [0.717, 1.165) is 44.1 Å². The smallest absolute Gasteiger partial charge is 0.147 e. The van der Waals surface area contributed by atoms with Gasteiger partial charge in [0, 0.05) is 25.9 Å². The summed E-state index contributed by atoms with van der Waals surface area (Å²) in [6, 6.07) is 0. The molecule has 1 aliphatic rings. The Labute approximate surface area is 96.5 Å². The van der Waals surface area contributed by atoms with Gasteiger partial charge in [-0.2, -0.15) is 0 Å². The Morgan fingerprint density at radius 1 is 1.38 bits per heavy atom. The highest BCUT2D eigenvalue weighted by molar-refractivity contribution is 4.99. The van der Waals surface area contributed by atoms with Crippen molar-refractivity contribution in [2.45, 2.75) is 45.7 Å². The lowest BCUT2D eigenvalue weighted by Gasteiger charge is -2.14. The van der Waals surface area contributed by atoms with Crippen LogP contribution in [0.5, 0.6) is 0 Å². The number of hydrogen-bond acceptors (Lipinski definition) is 3. The molecule has 2 heterocycles. The molecule has 1 aliphatic heterocycles. The molecule has 1 aromatic rings. The third-order valence-electron chi connectivity index (χ3n) is 2.82. The third-order valence-corrected chi connectivity index (χ3v) is 2.82. The van der Waals surface area contributed by atoms with Gasteiger partial charge in [-0.25, -0.2) is 0 Å². The number of nitrogens with one attached hydrogen (secondary N) is 1. The van der Waals surface area contributed by atoms with Crippen molar-refractivity contribution >= 4 is 0 Å². The molecule has 0 atom stereocenters. The summed E-state index contributed by atoms with van der Waals surface area (Å²) in [6.45, 7) is 4.67. The monoisotopic (exact) mass is 218 g/mol. The van der Waals surface area contributed by atoms with Crippen LogP contribution in [0, 0.1) is 11.8 Å². The van der Waals surface area contributed by atoms with Gasteiger partial charge in [0.2, 0.25) is 0 Å². The van der Waals surface area contributed by atoms with Crippen LogP contribution in [-0.2, 0) is 19.5 Å². The molecule has 1 N–H and O–H groups in total. The highest BCUT2D eigenvalue weighted by Gasteiger charge is 2.14. The Kier molecular flexibility index (Phi) is 3.95. The average Bonchev–Trinajstić information content (AvgIpc) is 2.73. The van der Waals surface area contributed by atoms with E-state index in [1.165, 1.54) is 12.8 Å². The van der Waals surface area contributed by atoms with Crippen molar-refractivity contribution in [3.05, 3.63) is 11.6 Å². The molecule has 0 aliphatic carbocycles. The standard InChI is InChI=1S/C12H18N4/c1-2-3-5-8-13-10-12-15-14-11-7-4-6-9-16(11)12/h13H,4-10H2,1H3. The summed E-state index contributed by atoms with van der Waals surface area (Å²) in [7, 11) is 0. The number of fused-ring (bicyclic) bond motifs is 1. The van der Waals surface area contributed by atoms with Crippen LogP contribution in [0.15, 0.2) is 0 Å². The van der Waals surface area contributed by atoms with Crippen molar-refractivity contribution < 1.29 is 0 Å². The molecule has 86 valence electrons. The maximum Gasteiger partial charge on any atom is 0.147 e. The predicted molar refractivity (Wildman–Crippen MR) is 62.7 cm³/mol. The Bertz CT molecular complexity index is 397. The zero-order valence-corrected chi connectivity index (χ0v) is 9.79. The van der Waals surface area contributed by atoms with E-state index >= 15 is 0 Å². The van der Waals surface area contributed by atoms with E-state index in [1.54, 1.807) is 0 Å². The third kappa shape index (κ3) is 2.61. The van der Waals surface area contributed by atoms with E-state index < -0.39 is 0 Å². The lowest BCUT2D eigenvalue weighted by molar-refractivity contribution is 0.498. The molecule has 16 heavy (non-hydrogen) atoms. The summed E-state index contributed by atoms with van der Waals surface area (Å²) in [6.07, 6.45) is 4.48. The molecule has 0 aromatic carbocycles. The van der Waals surface area contributed by atoms with Crippen LogP contribution in [0.25, 0.3) is 0 Å². The van der Waals surface area contributed by atoms with Crippen molar-refractivity contribution in [3.63, 3.8) is 0 Å². The molecule has 0 unspecified atom stereocenters. The molecule has 0 spiro atoms. The van der Waals surface area contributed by atoms with Crippen molar-refractivity contribution in [2.75, 3.05) is 6.54 Å². The largest absolute Gasteiger partial charge is 0.314 e. The maximum absolute atomic E-state index is 4.23. The molecular formula is C12H18N4. The second-order valence-corrected chi connectivity index (χ2v) is 3.99. The molecule has 0 amide bonds. The van der Waals surface area contributed by atoms with Crippen LogP contribution in [-0.4, -0.2) is 21.3 Å². The lowest BCUT2D eigenvalue weighted by atomic mass is 10.2. The molecule has 0 saturated carbocycles. The van der Waals surface area contributed by atoms with Gasteiger partial charge < -0.3 is 9.88 Å². The van der Waals surface area contributed by atoms with Crippen LogP contribution in [0.1, 0.15) is 37.8 Å². The number of nitrogens with zero attached hydrogens (tertiary/aromatic N) is 3. The molecule has 4 heteroatoms.